The summed E-state index contributed by atoms with van der Waals surface area (Å²) in [4.78, 5) is 20.2. The third-order valence-electron chi connectivity index (χ3n) is 2.32. The molecule has 1 atom stereocenters. The Morgan fingerprint density at radius 1 is 1.20 bits per heavy atom. The molecule has 0 aromatic heterocycles. The van der Waals surface area contributed by atoms with Gasteiger partial charge in [0.05, 0.1) is 25.9 Å². The Balaban J connectivity index is 2.29. The molecule has 0 saturated heterocycles. The Hall–Kier alpha value is -1.40. The highest BCUT2D eigenvalue weighted by molar-refractivity contribution is 7.47. The molecule has 0 bridgehead atoms. The van der Waals surface area contributed by atoms with Gasteiger partial charge in [-0.2, -0.15) is 0 Å². The van der Waals surface area contributed by atoms with Gasteiger partial charge in [-0.1, -0.05) is 0 Å². The fourth-order valence-corrected chi connectivity index (χ4v) is 1.75. The SMILES string of the molecule is COC(=O)c1ccc(OCCCOP(=O)(O)OC)cc1. The summed E-state index contributed by atoms with van der Waals surface area (Å²) in [6.45, 7) is 0.350. The van der Waals surface area contributed by atoms with Crippen LogP contribution < -0.4 is 4.74 Å². The van der Waals surface area contributed by atoms with E-state index < -0.39 is 13.8 Å². The lowest BCUT2D eigenvalue weighted by atomic mass is 10.2. The number of phosphoric ester groups is 1. The lowest BCUT2D eigenvalue weighted by Gasteiger charge is -2.09. The summed E-state index contributed by atoms with van der Waals surface area (Å²) >= 11 is 0. The van der Waals surface area contributed by atoms with Crippen molar-refractivity contribution in [2.75, 3.05) is 27.4 Å². The molecule has 112 valence electrons. The predicted octanol–water partition coefficient (Wildman–Crippen LogP) is 2.01. The maximum Gasteiger partial charge on any atom is 0.471 e. The first-order valence-electron chi connectivity index (χ1n) is 5.83. The number of methoxy groups -OCH3 is 1. The van der Waals surface area contributed by atoms with Crippen molar-refractivity contribution in [3.05, 3.63) is 29.8 Å². The fourth-order valence-electron chi connectivity index (χ4n) is 1.29. The molecule has 1 rings (SSSR count). The smallest absolute Gasteiger partial charge is 0.471 e. The third kappa shape index (κ3) is 5.71. The quantitative estimate of drug-likeness (QED) is 0.446. The van der Waals surface area contributed by atoms with Crippen LogP contribution in [0.4, 0.5) is 0 Å². The van der Waals surface area contributed by atoms with Crippen LogP contribution in [-0.4, -0.2) is 38.3 Å². The molecule has 0 saturated carbocycles. The first-order valence-corrected chi connectivity index (χ1v) is 7.32. The predicted molar refractivity (Wildman–Crippen MR) is 70.7 cm³/mol. The van der Waals surface area contributed by atoms with Gasteiger partial charge in [-0.25, -0.2) is 9.36 Å². The number of carbonyl (C=O) groups is 1. The molecule has 0 fully saturated rings. The summed E-state index contributed by atoms with van der Waals surface area (Å²) in [5, 5.41) is 0. The highest BCUT2D eigenvalue weighted by Crippen LogP contribution is 2.41. The third-order valence-corrected chi connectivity index (χ3v) is 3.29. The molecule has 7 nitrogen and oxygen atoms in total. The molecule has 1 N–H and O–H groups in total. The zero-order valence-corrected chi connectivity index (χ0v) is 12.2. The van der Waals surface area contributed by atoms with Crippen LogP contribution >= 0.6 is 7.82 Å². The van der Waals surface area contributed by atoms with E-state index in [1.54, 1.807) is 24.3 Å². The summed E-state index contributed by atoms with van der Waals surface area (Å²) < 4.78 is 29.8. The summed E-state index contributed by atoms with van der Waals surface area (Å²) in [6, 6.07) is 6.45. The molecule has 20 heavy (non-hydrogen) atoms. The lowest BCUT2D eigenvalue weighted by molar-refractivity contribution is 0.0600. The van der Waals surface area contributed by atoms with Gasteiger partial charge in [-0.3, -0.25) is 9.05 Å². The van der Waals surface area contributed by atoms with Crippen LogP contribution in [0.25, 0.3) is 0 Å². The lowest BCUT2D eigenvalue weighted by Crippen LogP contribution is -2.04. The molecule has 1 aromatic rings. The highest BCUT2D eigenvalue weighted by Gasteiger charge is 2.17. The number of hydrogen-bond donors (Lipinski definition) is 1. The van der Waals surface area contributed by atoms with Gasteiger partial charge in [0.2, 0.25) is 0 Å². The highest BCUT2D eigenvalue weighted by atomic mass is 31.2. The first-order chi connectivity index (χ1) is 9.48. The van der Waals surface area contributed by atoms with Gasteiger partial charge < -0.3 is 14.4 Å². The summed E-state index contributed by atoms with van der Waals surface area (Å²) in [5.41, 5.74) is 0.435. The van der Waals surface area contributed by atoms with Crippen molar-refractivity contribution in [1.82, 2.24) is 0 Å². The second-order valence-electron chi connectivity index (χ2n) is 3.70. The van der Waals surface area contributed by atoms with E-state index in [1.807, 2.05) is 0 Å². The standard InChI is InChI=1S/C12H17O7P/c1-16-12(13)10-4-6-11(7-5-10)18-8-3-9-19-20(14,15)17-2/h4-7H,3,8-9H2,1-2H3,(H,14,15). The number of rotatable bonds is 8. The van der Waals surface area contributed by atoms with Gasteiger partial charge in [0, 0.05) is 13.5 Å². The van der Waals surface area contributed by atoms with E-state index in [0.717, 1.165) is 7.11 Å². The second kappa shape index (κ2) is 8.01. The van der Waals surface area contributed by atoms with Gasteiger partial charge in [0.1, 0.15) is 5.75 Å². The maximum atomic E-state index is 11.2. The molecule has 0 heterocycles. The topological polar surface area (TPSA) is 91.3 Å². The molecule has 0 aliphatic carbocycles. The van der Waals surface area contributed by atoms with Crippen molar-refractivity contribution in [2.24, 2.45) is 0 Å². The summed E-state index contributed by atoms with van der Waals surface area (Å²) in [6.07, 6.45) is 0.423. The van der Waals surface area contributed by atoms with E-state index in [9.17, 15) is 9.36 Å². The molecule has 0 aliphatic heterocycles. The number of phosphoric acid groups is 1. The summed E-state index contributed by atoms with van der Waals surface area (Å²) in [5.74, 6) is 0.166. The van der Waals surface area contributed by atoms with Crippen molar-refractivity contribution < 1.29 is 32.8 Å². The van der Waals surface area contributed by atoms with E-state index in [4.69, 9.17) is 9.63 Å². The van der Waals surface area contributed by atoms with Gasteiger partial charge in [0.15, 0.2) is 0 Å². The van der Waals surface area contributed by atoms with Crippen LogP contribution in [0.5, 0.6) is 5.75 Å². The maximum absolute atomic E-state index is 11.2. The van der Waals surface area contributed by atoms with E-state index in [1.165, 1.54) is 7.11 Å². The fraction of sp³-hybridized carbons (Fsp3) is 0.417. The Morgan fingerprint density at radius 2 is 1.85 bits per heavy atom. The largest absolute Gasteiger partial charge is 0.494 e. The first kappa shape index (κ1) is 16.7. The minimum atomic E-state index is -3.91. The molecule has 8 heteroatoms. The van der Waals surface area contributed by atoms with Gasteiger partial charge in [0.25, 0.3) is 0 Å². The Bertz CT molecular complexity index is 471. The van der Waals surface area contributed by atoms with Crippen LogP contribution in [0.15, 0.2) is 24.3 Å². The number of benzene rings is 1. The molecule has 0 radical (unpaired) electrons. The second-order valence-corrected chi connectivity index (χ2v) is 5.26. The molecular weight excluding hydrogens is 287 g/mol. The zero-order valence-electron chi connectivity index (χ0n) is 11.3. The van der Waals surface area contributed by atoms with Crippen LogP contribution in [0, 0.1) is 0 Å². The molecule has 1 aromatic carbocycles. The van der Waals surface area contributed by atoms with Crippen molar-refractivity contribution in [3.8, 4) is 5.75 Å². The van der Waals surface area contributed by atoms with Crippen molar-refractivity contribution in [2.45, 2.75) is 6.42 Å². The van der Waals surface area contributed by atoms with E-state index in [2.05, 4.69) is 13.8 Å². The Labute approximate surface area is 117 Å². The van der Waals surface area contributed by atoms with Crippen molar-refractivity contribution >= 4 is 13.8 Å². The minimum Gasteiger partial charge on any atom is -0.494 e. The van der Waals surface area contributed by atoms with Crippen LogP contribution in [-0.2, 0) is 18.3 Å². The normalized spacial score (nSPS) is 13.6. The molecular formula is C12H17O7P. The van der Waals surface area contributed by atoms with Gasteiger partial charge in [-0.05, 0) is 24.3 Å². The molecule has 0 aliphatic rings. The number of ether oxygens (including phenoxy) is 2. The van der Waals surface area contributed by atoms with Crippen LogP contribution in [0.3, 0.4) is 0 Å². The minimum absolute atomic E-state index is 0.0435. The van der Waals surface area contributed by atoms with E-state index >= 15 is 0 Å². The summed E-state index contributed by atoms with van der Waals surface area (Å²) in [7, 11) is -1.50. The molecule has 0 spiro atoms. The number of hydrogen-bond acceptors (Lipinski definition) is 6. The van der Waals surface area contributed by atoms with Crippen molar-refractivity contribution in [3.63, 3.8) is 0 Å². The average Bonchev–Trinajstić information content (AvgIpc) is 2.46. The van der Waals surface area contributed by atoms with Crippen molar-refractivity contribution in [1.29, 1.82) is 0 Å². The van der Waals surface area contributed by atoms with Gasteiger partial charge >= 0.3 is 13.8 Å². The van der Waals surface area contributed by atoms with E-state index in [-0.39, 0.29) is 6.61 Å². The number of esters is 1. The average molecular weight is 304 g/mol. The zero-order chi connectivity index (χ0) is 15.0. The Morgan fingerprint density at radius 3 is 2.40 bits per heavy atom. The van der Waals surface area contributed by atoms with Crippen LogP contribution in [0.2, 0.25) is 0 Å². The molecule has 0 amide bonds. The number of carbonyl (C=O) groups excluding carboxylic acids is 1. The van der Waals surface area contributed by atoms with Gasteiger partial charge in [-0.15, -0.1) is 0 Å². The monoisotopic (exact) mass is 304 g/mol. The van der Waals surface area contributed by atoms with Crippen LogP contribution in [0.1, 0.15) is 16.8 Å². The van der Waals surface area contributed by atoms with E-state index in [0.29, 0.717) is 24.3 Å². The molecule has 1 unspecified atom stereocenters. The Kier molecular flexibility index (Phi) is 6.67.